The molecule has 0 fully saturated rings. The van der Waals surface area contributed by atoms with E-state index >= 15 is 0 Å². The van der Waals surface area contributed by atoms with Crippen molar-refractivity contribution in [3.63, 3.8) is 0 Å². The van der Waals surface area contributed by atoms with Crippen LogP contribution in [0.15, 0.2) is 18.2 Å². The number of phenols is 1. The standard InChI is InChI=1S/C15H23FN2O2/c1-4-7-18(10-15(2,3)9-17)14(20)12-6-5-11(16)8-13(12)19/h5-6,8,19H,4,7,9-10,17H2,1-3H3. The van der Waals surface area contributed by atoms with Crippen molar-refractivity contribution >= 4 is 5.91 Å². The summed E-state index contributed by atoms with van der Waals surface area (Å²) in [6.07, 6.45) is 0.800. The van der Waals surface area contributed by atoms with Crippen molar-refractivity contribution in [2.45, 2.75) is 27.2 Å². The van der Waals surface area contributed by atoms with Gasteiger partial charge in [-0.1, -0.05) is 20.8 Å². The molecule has 0 aliphatic heterocycles. The van der Waals surface area contributed by atoms with Crippen LogP contribution in [0, 0.1) is 11.2 Å². The second-order valence-electron chi connectivity index (χ2n) is 5.76. The molecular formula is C15H23FN2O2. The number of nitrogens with two attached hydrogens (primary N) is 1. The second-order valence-corrected chi connectivity index (χ2v) is 5.76. The van der Waals surface area contributed by atoms with E-state index in [2.05, 4.69) is 0 Å². The van der Waals surface area contributed by atoms with E-state index in [0.29, 0.717) is 19.6 Å². The second kappa shape index (κ2) is 6.70. The number of hydrogen-bond donors (Lipinski definition) is 2. The van der Waals surface area contributed by atoms with Gasteiger partial charge in [-0.05, 0) is 30.5 Å². The van der Waals surface area contributed by atoms with E-state index in [4.69, 9.17) is 5.73 Å². The topological polar surface area (TPSA) is 66.6 Å². The molecule has 1 aromatic carbocycles. The van der Waals surface area contributed by atoms with Crippen molar-refractivity contribution in [3.8, 4) is 5.75 Å². The molecule has 0 spiro atoms. The molecule has 1 amide bonds. The molecule has 5 heteroatoms. The molecule has 0 aliphatic carbocycles. The lowest BCUT2D eigenvalue weighted by Gasteiger charge is -2.32. The summed E-state index contributed by atoms with van der Waals surface area (Å²) in [7, 11) is 0. The number of nitrogens with zero attached hydrogens (tertiary/aromatic N) is 1. The normalized spacial score (nSPS) is 11.4. The van der Waals surface area contributed by atoms with Gasteiger partial charge in [0.05, 0.1) is 5.56 Å². The number of hydrogen-bond acceptors (Lipinski definition) is 3. The van der Waals surface area contributed by atoms with Crippen molar-refractivity contribution in [2.24, 2.45) is 11.1 Å². The fourth-order valence-corrected chi connectivity index (χ4v) is 1.96. The van der Waals surface area contributed by atoms with Crippen LogP contribution >= 0.6 is 0 Å². The van der Waals surface area contributed by atoms with Crippen molar-refractivity contribution < 1.29 is 14.3 Å². The molecule has 20 heavy (non-hydrogen) atoms. The highest BCUT2D eigenvalue weighted by molar-refractivity contribution is 5.96. The molecule has 0 bridgehead atoms. The Labute approximate surface area is 119 Å². The van der Waals surface area contributed by atoms with Gasteiger partial charge in [-0.15, -0.1) is 0 Å². The smallest absolute Gasteiger partial charge is 0.257 e. The predicted octanol–water partition coefficient (Wildman–Crippen LogP) is 2.37. The van der Waals surface area contributed by atoms with E-state index in [1.165, 1.54) is 12.1 Å². The number of phenolic OH excluding ortho intramolecular Hbond substituents is 1. The van der Waals surface area contributed by atoms with E-state index in [-0.39, 0.29) is 22.6 Å². The summed E-state index contributed by atoms with van der Waals surface area (Å²) in [6.45, 7) is 7.45. The number of halogens is 1. The lowest BCUT2D eigenvalue weighted by Crippen LogP contribution is -2.42. The number of carbonyl (C=O) groups is 1. The molecule has 0 heterocycles. The Kier molecular flexibility index (Phi) is 5.51. The zero-order chi connectivity index (χ0) is 15.3. The van der Waals surface area contributed by atoms with Gasteiger partial charge in [-0.3, -0.25) is 4.79 Å². The first kappa shape index (κ1) is 16.4. The summed E-state index contributed by atoms with van der Waals surface area (Å²) in [5.74, 6) is -1.20. The molecule has 0 aromatic heterocycles. The summed E-state index contributed by atoms with van der Waals surface area (Å²) < 4.78 is 13.0. The van der Waals surface area contributed by atoms with E-state index < -0.39 is 5.82 Å². The summed E-state index contributed by atoms with van der Waals surface area (Å²) in [5.41, 5.74) is 5.61. The average Bonchev–Trinajstić information content (AvgIpc) is 2.37. The van der Waals surface area contributed by atoms with Gasteiger partial charge >= 0.3 is 0 Å². The van der Waals surface area contributed by atoms with Gasteiger partial charge in [0.1, 0.15) is 11.6 Å². The van der Waals surface area contributed by atoms with E-state index in [9.17, 15) is 14.3 Å². The van der Waals surface area contributed by atoms with Gasteiger partial charge < -0.3 is 15.7 Å². The highest BCUT2D eigenvalue weighted by Gasteiger charge is 2.25. The minimum absolute atomic E-state index is 0.118. The number of carbonyl (C=O) groups excluding carboxylic acids is 1. The predicted molar refractivity (Wildman–Crippen MR) is 77.1 cm³/mol. The molecule has 0 saturated carbocycles. The maximum Gasteiger partial charge on any atom is 0.257 e. The fraction of sp³-hybridized carbons (Fsp3) is 0.533. The Balaban J connectivity index is 2.99. The number of benzene rings is 1. The summed E-state index contributed by atoms with van der Waals surface area (Å²) in [4.78, 5) is 14.1. The maximum atomic E-state index is 13.0. The number of aromatic hydroxyl groups is 1. The molecule has 112 valence electrons. The third-order valence-corrected chi connectivity index (χ3v) is 3.14. The van der Waals surface area contributed by atoms with Gasteiger partial charge in [0.2, 0.25) is 0 Å². The van der Waals surface area contributed by atoms with Gasteiger partial charge in [0.25, 0.3) is 5.91 Å². The Morgan fingerprint density at radius 1 is 1.45 bits per heavy atom. The Bertz CT molecular complexity index is 475. The highest BCUT2D eigenvalue weighted by Crippen LogP contribution is 2.22. The van der Waals surface area contributed by atoms with Gasteiger partial charge in [0.15, 0.2) is 0 Å². The Hall–Kier alpha value is -1.62. The van der Waals surface area contributed by atoms with Crippen molar-refractivity contribution in [1.29, 1.82) is 0 Å². The third-order valence-electron chi connectivity index (χ3n) is 3.14. The molecule has 0 unspecified atom stereocenters. The lowest BCUT2D eigenvalue weighted by molar-refractivity contribution is 0.0686. The third kappa shape index (κ3) is 4.20. The number of rotatable bonds is 6. The SMILES string of the molecule is CCCN(CC(C)(C)CN)C(=O)c1ccc(F)cc1O. The van der Waals surface area contributed by atoms with Crippen LogP contribution in [-0.4, -0.2) is 35.5 Å². The first-order valence-corrected chi connectivity index (χ1v) is 6.78. The van der Waals surface area contributed by atoms with Crippen LogP contribution in [-0.2, 0) is 0 Å². The fourth-order valence-electron chi connectivity index (χ4n) is 1.96. The molecule has 1 aromatic rings. The summed E-state index contributed by atoms with van der Waals surface area (Å²) in [6, 6.07) is 3.43. The van der Waals surface area contributed by atoms with Gasteiger partial charge in [0, 0.05) is 19.2 Å². The van der Waals surface area contributed by atoms with Gasteiger partial charge in [-0.2, -0.15) is 0 Å². The zero-order valence-electron chi connectivity index (χ0n) is 12.3. The molecule has 1 rings (SSSR count). The molecule has 0 aliphatic rings. The zero-order valence-corrected chi connectivity index (χ0v) is 12.3. The quantitative estimate of drug-likeness (QED) is 0.841. The largest absolute Gasteiger partial charge is 0.507 e. The van der Waals surface area contributed by atoms with E-state index in [1.54, 1.807) is 4.90 Å². The highest BCUT2D eigenvalue weighted by atomic mass is 19.1. The van der Waals surface area contributed by atoms with Crippen LogP contribution in [0.4, 0.5) is 4.39 Å². The molecule has 4 nitrogen and oxygen atoms in total. The van der Waals surface area contributed by atoms with Gasteiger partial charge in [-0.25, -0.2) is 4.39 Å². The van der Waals surface area contributed by atoms with Crippen LogP contribution < -0.4 is 5.73 Å². The summed E-state index contributed by atoms with van der Waals surface area (Å²) in [5, 5.41) is 9.72. The van der Waals surface area contributed by atoms with Crippen LogP contribution in [0.3, 0.4) is 0 Å². The first-order chi connectivity index (χ1) is 9.30. The average molecular weight is 282 g/mol. The molecule has 0 radical (unpaired) electrons. The van der Waals surface area contributed by atoms with E-state index in [0.717, 1.165) is 12.5 Å². The molecule has 0 atom stereocenters. The monoisotopic (exact) mass is 282 g/mol. The van der Waals surface area contributed by atoms with Crippen molar-refractivity contribution in [3.05, 3.63) is 29.6 Å². The number of amides is 1. The Morgan fingerprint density at radius 2 is 2.10 bits per heavy atom. The van der Waals surface area contributed by atoms with E-state index in [1.807, 2.05) is 20.8 Å². The van der Waals surface area contributed by atoms with Crippen LogP contribution in [0.5, 0.6) is 5.75 Å². The first-order valence-electron chi connectivity index (χ1n) is 6.78. The van der Waals surface area contributed by atoms with Crippen LogP contribution in [0.1, 0.15) is 37.6 Å². The summed E-state index contributed by atoms with van der Waals surface area (Å²) >= 11 is 0. The molecular weight excluding hydrogens is 259 g/mol. The lowest BCUT2D eigenvalue weighted by atomic mass is 9.92. The minimum Gasteiger partial charge on any atom is -0.507 e. The van der Waals surface area contributed by atoms with Crippen molar-refractivity contribution in [1.82, 2.24) is 4.90 Å². The van der Waals surface area contributed by atoms with Crippen LogP contribution in [0.25, 0.3) is 0 Å². The molecule has 0 saturated heterocycles. The molecule has 3 N–H and O–H groups in total. The Morgan fingerprint density at radius 3 is 2.60 bits per heavy atom. The van der Waals surface area contributed by atoms with Crippen molar-refractivity contribution in [2.75, 3.05) is 19.6 Å². The van der Waals surface area contributed by atoms with Crippen LogP contribution in [0.2, 0.25) is 0 Å². The maximum absolute atomic E-state index is 13.0. The minimum atomic E-state index is -0.566.